The molecule has 0 unspecified atom stereocenters. The first-order chi connectivity index (χ1) is 12.8. The molecule has 0 saturated heterocycles. The lowest BCUT2D eigenvalue weighted by Gasteiger charge is -2.18. The van der Waals surface area contributed by atoms with Gasteiger partial charge >= 0.3 is 0 Å². The van der Waals surface area contributed by atoms with Crippen LogP contribution in [0.15, 0.2) is 42.5 Å². The molecule has 0 bridgehead atoms. The average molecular weight is 387 g/mol. The lowest BCUT2D eigenvalue weighted by molar-refractivity contribution is -0.131. The number of hydrogen-bond donors (Lipinski definition) is 2. The smallest absolute Gasteiger partial charge is 0.240 e. The summed E-state index contributed by atoms with van der Waals surface area (Å²) in [5, 5.41) is 6.24. The number of para-hydroxylation sites is 2. The van der Waals surface area contributed by atoms with Crippen molar-refractivity contribution in [2.45, 2.75) is 39.7 Å². The molecule has 6 heteroatoms. The van der Waals surface area contributed by atoms with Gasteiger partial charge in [-0.3, -0.25) is 9.59 Å². The number of ether oxygens (including phenoxy) is 1. The Morgan fingerprint density at radius 2 is 1.74 bits per heavy atom. The Balaban J connectivity index is 1.73. The SMILES string of the molecule is Cc1ccc(NC(=O)C2(C(=O)Nc3ccccc3OC(C)C)CC2)cc1Cl. The molecule has 27 heavy (non-hydrogen) atoms. The highest BCUT2D eigenvalue weighted by atomic mass is 35.5. The predicted molar refractivity (Wildman–Crippen MR) is 107 cm³/mol. The van der Waals surface area contributed by atoms with Gasteiger partial charge in [-0.05, 0) is 63.4 Å². The van der Waals surface area contributed by atoms with E-state index in [-0.39, 0.29) is 17.9 Å². The van der Waals surface area contributed by atoms with Gasteiger partial charge < -0.3 is 15.4 Å². The van der Waals surface area contributed by atoms with E-state index in [9.17, 15) is 9.59 Å². The van der Waals surface area contributed by atoms with E-state index >= 15 is 0 Å². The predicted octanol–water partition coefficient (Wildman–Crippen LogP) is 4.79. The molecule has 142 valence electrons. The normalized spacial score (nSPS) is 14.6. The molecule has 2 aromatic carbocycles. The first kappa shape index (κ1) is 19.2. The number of benzene rings is 2. The molecule has 1 fully saturated rings. The van der Waals surface area contributed by atoms with Crippen molar-refractivity contribution in [3.05, 3.63) is 53.1 Å². The molecule has 0 atom stereocenters. The number of carbonyl (C=O) groups is 2. The van der Waals surface area contributed by atoms with Gasteiger partial charge in [-0.25, -0.2) is 0 Å². The zero-order valence-electron chi connectivity index (χ0n) is 15.6. The summed E-state index contributed by atoms with van der Waals surface area (Å²) in [6.45, 7) is 5.72. The summed E-state index contributed by atoms with van der Waals surface area (Å²) in [7, 11) is 0. The number of halogens is 1. The quantitative estimate of drug-likeness (QED) is 0.701. The van der Waals surface area contributed by atoms with Crippen LogP contribution >= 0.6 is 11.6 Å². The number of rotatable bonds is 6. The third-order valence-corrected chi connectivity index (χ3v) is 4.95. The molecule has 2 aromatic rings. The minimum atomic E-state index is -1.05. The standard InChI is InChI=1S/C21H23ClN2O3/c1-13(2)27-18-7-5-4-6-17(18)24-20(26)21(10-11-21)19(25)23-15-9-8-14(3)16(22)12-15/h4-9,12-13H,10-11H2,1-3H3,(H,23,25)(H,24,26). The number of aryl methyl sites for hydroxylation is 1. The van der Waals surface area contributed by atoms with Crippen LogP contribution in [0.1, 0.15) is 32.3 Å². The van der Waals surface area contributed by atoms with E-state index in [1.54, 1.807) is 24.3 Å². The van der Waals surface area contributed by atoms with Gasteiger partial charge in [-0.2, -0.15) is 0 Å². The maximum atomic E-state index is 12.8. The van der Waals surface area contributed by atoms with Gasteiger partial charge in [0.2, 0.25) is 11.8 Å². The molecule has 0 aliphatic heterocycles. The van der Waals surface area contributed by atoms with Gasteiger partial charge in [0.1, 0.15) is 11.2 Å². The van der Waals surface area contributed by atoms with Crippen molar-refractivity contribution in [2.75, 3.05) is 10.6 Å². The maximum Gasteiger partial charge on any atom is 0.240 e. The largest absolute Gasteiger partial charge is 0.489 e. The summed E-state index contributed by atoms with van der Waals surface area (Å²) in [5.74, 6) is -0.0532. The van der Waals surface area contributed by atoms with E-state index in [1.165, 1.54) is 0 Å². The fourth-order valence-electron chi connectivity index (χ4n) is 2.77. The second kappa shape index (κ2) is 7.61. The van der Waals surface area contributed by atoms with Crippen molar-refractivity contribution < 1.29 is 14.3 Å². The molecule has 2 N–H and O–H groups in total. The van der Waals surface area contributed by atoms with Crippen LogP contribution < -0.4 is 15.4 Å². The van der Waals surface area contributed by atoms with Gasteiger partial charge in [0, 0.05) is 10.7 Å². The summed E-state index contributed by atoms with van der Waals surface area (Å²) >= 11 is 6.11. The van der Waals surface area contributed by atoms with E-state index in [2.05, 4.69) is 10.6 Å². The second-order valence-electron chi connectivity index (χ2n) is 7.12. The average Bonchev–Trinajstić information content (AvgIpc) is 3.41. The number of hydrogen-bond acceptors (Lipinski definition) is 3. The molecule has 0 spiro atoms. The van der Waals surface area contributed by atoms with Gasteiger partial charge in [-0.1, -0.05) is 29.8 Å². The van der Waals surface area contributed by atoms with Crippen molar-refractivity contribution in [3.63, 3.8) is 0 Å². The minimum absolute atomic E-state index is 0.0208. The lowest BCUT2D eigenvalue weighted by Crippen LogP contribution is -2.35. The van der Waals surface area contributed by atoms with E-state index in [4.69, 9.17) is 16.3 Å². The summed E-state index contributed by atoms with van der Waals surface area (Å²) in [4.78, 5) is 25.6. The summed E-state index contributed by atoms with van der Waals surface area (Å²) < 4.78 is 5.73. The Bertz CT molecular complexity index is 875. The molecule has 2 amide bonds. The molecule has 3 rings (SSSR count). The van der Waals surface area contributed by atoms with Crippen LogP contribution in [0.25, 0.3) is 0 Å². The van der Waals surface area contributed by atoms with Crippen LogP contribution in [-0.4, -0.2) is 17.9 Å². The van der Waals surface area contributed by atoms with Crippen molar-refractivity contribution in [3.8, 4) is 5.75 Å². The zero-order chi connectivity index (χ0) is 19.6. The maximum absolute atomic E-state index is 12.8. The monoisotopic (exact) mass is 386 g/mol. The Morgan fingerprint density at radius 3 is 2.37 bits per heavy atom. The lowest BCUT2D eigenvalue weighted by atomic mass is 10.0. The van der Waals surface area contributed by atoms with Crippen LogP contribution in [0.2, 0.25) is 5.02 Å². The number of amides is 2. The first-order valence-corrected chi connectivity index (χ1v) is 9.34. The van der Waals surface area contributed by atoms with E-state index < -0.39 is 5.41 Å². The third kappa shape index (κ3) is 4.25. The fourth-order valence-corrected chi connectivity index (χ4v) is 2.95. The summed E-state index contributed by atoms with van der Waals surface area (Å²) in [6.07, 6.45) is 1.00. The van der Waals surface area contributed by atoms with Gasteiger partial charge in [0.05, 0.1) is 11.8 Å². The number of carbonyl (C=O) groups excluding carboxylic acids is 2. The summed E-state index contributed by atoms with van der Waals surface area (Å²) in [5.41, 5.74) is 1.02. The molecular formula is C21H23ClN2O3. The van der Waals surface area contributed by atoms with Crippen LogP contribution in [0.4, 0.5) is 11.4 Å². The highest BCUT2D eigenvalue weighted by Crippen LogP contribution is 2.48. The molecular weight excluding hydrogens is 364 g/mol. The Morgan fingerprint density at radius 1 is 1.07 bits per heavy atom. The highest BCUT2D eigenvalue weighted by molar-refractivity contribution is 6.31. The van der Waals surface area contributed by atoms with Crippen LogP contribution in [0, 0.1) is 12.3 Å². The topological polar surface area (TPSA) is 67.4 Å². The zero-order valence-corrected chi connectivity index (χ0v) is 16.4. The van der Waals surface area contributed by atoms with E-state index in [1.807, 2.05) is 39.0 Å². The molecule has 0 radical (unpaired) electrons. The van der Waals surface area contributed by atoms with Crippen molar-refractivity contribution in [2.24, 2.45) is 5.41 Å². The Labute approximate surface area is 164 Å². The molecule has 5 nitrogen and oxygen atoms in total. The Hall–Kier alpha value is -2.53. The van der Waals surface area contributed by atoms with Gasteiger partial charge in [0.25, 0.3) is 0 Å². The van der Waals surface area contributed by atoms with Gasteiger partial charge in [-0.15, -0.1) is 0 Å². The first-order valence-electron chi connectivity index (χ1n) is 8.96. The number of anilines is 2. The molecule has 0 aromatic heterocycles. The second-order valence-corrected chi connectivity index (χ2v) is 7.52. The van der Waals surface area contributed by atoms with E-state index in [0.717, 1.165) is 5.56 Å². The van der Waals surface area contributed by atoms with Crippen LogP contribution in [0.5, 0.6) is 5.75 Å². The van der Waals surface area contributed by atoms with Crippen molar-refractivity contribution in [1.29, 1.82) is 0 Å². The highest BCUT2D eigenvalue weighted by Gasteiger charge is 2.56. The van der Waals surface area contributed by atoms with Crippen molar-refractivity contribution >= 4 is 34.8 Å². The van der Waals surface area contributed by atoms with Crippen LogP contribution in [-0.2, 0) is 9.59 Å². The molecule has 0 heterocycles. The minimum Gasteiger partial charge on any atom is -0.489 e. The Kier molecular flexibility index (Phi) is 5.42. The fraction of sp³-hybridized carbons (Fsp3) is 0.333. The third-order valence-electron chi connectivity index (χ3n) is 4.55. The van der Waals surface area contributed by atoms with Gasteiger partial charge in [0.15, 0.2) is 0 Å². The molecule has 1 saturated carbocycles. The summed E-state index contributed by atoms with van der Waals surface area (Å²) in [6, 6.07) is 12.5. The number of nitrogens with one attached hydrogen (secondary N) is 2. The van der Waals surface area contributed by atoms with E-state index in [0.29, 0.717) is 35.0 Å². The van der Waals surface area contributed by atoms with Crippen LogP contribution in [0.3, 0.4) is 0 Å². The van der Waals surface area contributed by atoms with Crippen molar-refractivity contribution in [1.82, 2.24) is 0 Å². The molecule has 1 aliphatic carbocycles. The molecule has 1 aliphatic rings.